The number of nitrogens with zero attached hydrogens (tertiary/aromatic N) is 1. The van der Waals surface area contributed by atoms with Crippen LogP contribution in [0.4, 0.5) is 15.9 Å². The first kappa shape index (κ1) is 18.8. The molecule has 7 heteroatoms. The van der Waals surface area contributed by atoms with E-state index in [-0.39, 0.29) is 11.6 Å². The third kappa shape index (κ3) is 5.04. The van der Waals surface area contributed by atoms with E-state index in [1.807, 2.05) is 12.1 Å². The Kier molecular flexibility index (Phi) is 5.41. The summed E-state index contributed by atoms with van der Waals surface area (Å²) in [6.07, 6.45) is 2.84. The molecule has 0 spiro atoms. The lowest BCUT2D eigenvalue weighted by atomic mass is 10.1. The second-order valence-corrected chi connectivity index (χ2v) is 8.31. The molecule has 3 rings (SSSR count). The molecular formula is C20H19FN2O3S. The van der Waals surface area contributed by atoms with Gasteiger partial charge in [-0.3, -0.25) is 0 Å². The Morgan fingerprint density at radius 1 is 1.11 bits per heavy atom. The second kappa shape index (κ2) is 7.75. The number of sulfone groups is 1. The summed E-state index contributed by atoms with van der Waals surface area (Å²) in [7, 11) is -1.62. The van der Waals surface area contributed by atoms with Gasteiger partial charge in [-0.15, -0.1) is 0 Å². The average Bonchev–Trinajstić information content (AvgIpc) is 2.60. The number of methoxy groups -OCH3 is 1. The third-order valence-electron chi connectivity index (χ3n) is 3.86. The van der Waals surface area contributed by atoms with Crippen LogP contribution < -0.4 is 10.1 Å². The summed E-state index contributed by atoms with van der Waals surface area (Å²) in [6.45, 7) is 0. The fourth-order valence-corrected chi connectivity index (χ4v) is 3.54. The van der Waals surface area contributed by atoms with Crippen molar-refractivity contribution in [2.24, 2.45) is 0 Å². The molecule has 1 aromatic heterocycles. The van der Waals surface area contributed by atoms with E-state index in [0.29, 0.717) is 17.1 Å². The molecule has 0 bridgehead atoms. The molecule has 27 heavy (non-hydrogen) atoms. The van der Waals surface area contributed by atoms with Gasteiger partial charge in [0, 0.05) is 29.8 Å². The van der Waals surface area contributed by atoms with Gasteiger partial charge in [0.1, 0.15) is 17.4 Å². The van der Waals surface area contributed by atoms with E-state index in [9.17, 15) is 12.8 Å². The smallest absolute Gasteiger partial charge is 0.151 e. The first-order chi connectivity index (χ1) is 12.8. The van der Waals surface area contributed by atoms with Crippen molar-refractivity contribution in [3.63, 3.8) is 0 Å². The molecule has 0 radical (unpaired) electrons. The summed E-state index contributed by atoms with van der Waals surface area (Å²) in [4.78, 5) is 4.29. The average molecular weight is 386 g/mol. The minimum atomic E-state index is -3.11. The molecule has 0 saturated heterocycles. The molecule has 0 aliphatic heterocycles. The fraction of sp³-hybridized carbons (Fsp3) is 0.150. The van der Waals surface area contributed by atoms with Crippen molar-refractivity contribution in [2.75, 3.05) is 18.7 Å². The van der Waals surface area contributed by atoms with Gasteiger partial charge in [0.25, 0.3) is 0 Å². The van der Waals surface area contributed by atoms with Crippen LogP contribution >= 0.6 is 0 Å². The maximum atomic E-state index is 13.4. The monoisotopic (exact) mass is 386 g/mol. The molecule has 0 saturated carbocycles. The Labute approximate surface area is 157 Å². The van der Waals surface area contributed by atoms with E-state index in [1.54, 1.807) is 36.5 Å². The fourth-order valence-electron chi connectivity index (χ4n) is 2.76. The zero-order valence-electron chi connectivity index (χ0n) is 14.9. The molecule has 0 atom stereocenters. The van der Waals surface area contributed by atoms with Gasteiger partial charge in [-0.25, -0.2) is 17.8 Å². The maximum Gasteiger partial charge on any atom is 0.151 e. The topological polar surface area (TPSA) is 68.3 Å². The minimum Gasteiger partial charge on any atom is -0.496 e. The standard InChI is InChI=1S/C20H19FN2O3S/c1-26-19-12-16(21)6-7-18(19)15-8-9-22-20(11-15)23-17-5-3-4-14(10-17)13-27(2,24)25/h3-12H,13H2,1-2H3,(H,22,23). The lowest BCUT2D eigenvalue weighted by molar-refractivity contribution is 0.413. The van der Waals surface area contributed by atoms with Crippen LogP contribution in [0.15, 0.2) is 60.8 Å². The molecule has 5 nitrogen and oxygen atoms in total. The minimum absolute atomic E-state index is 0.0250. The van der Waals surface area contributed by atoms with Crippen molar-refractivity contribution in [1.82, 2.24) is 4.98 Å². The van der Waals surface area contributed by atoms with E-state index in [4.69, 9.17) is 4.74 Å². The Balaban J connectivity index is 1.88. The van der Waals surface area contributed by atoms with E-state index >= 15 is 0 Å². The number of anilines is 2. The largest absolute Gasteiger partial charge is 0.496 e. The van der Waals surface area contributed by atoms with Gasteiger partial charge in [-0.1, -0.05) is 12.1 Å². The van der Waals surface area contributed by atoms with Crippen molar-refractivity contribution < 1.29 is 17.5 Å². The summed E-state index contributed by atoms with van der Waals surface area (Å²) < 4.78 is 41.7. The molecule has 0 aliphatic carbocycles. The molecule has 0 aliphatic rings. The first-order valence-electron chi connectivity index (χ1n) is 8.18. The number of hydrogen-bond acceptors (Lipinski definition) is 5. The van der Waals surface area contributed by atoms with Crippen LogP contribution in [0.1, 0.15) is 5.56 Å². The maximum absolute atomic E-state index is 13.4. The number of benzene rings is 2. The van der Waals surface area contributed by atoms with E-state index in [0.717, 1.165) is 16.8 Å². The lowest BCUT2D eigenvalue weighted by Gasteiger charge is -2.11. The predicted octanol–water partition coefficient (Wildman–Crippen LogP) is 4.18. The van der Waals surface area contributed by atoms with E-state index in [2.05, 4.69) is 10.3 Å². The van der Waals surface area contributed by atoms with Crippen LogP contribution in [0.5, 0.6) is 5.75 Å². The van der Waals surface area contributed by atoms with Crippen LogP contribution in [0, 0.1) is 5.82 Å². The zero-order valence-corrected chi connectivity index (χ0v) is 15.8. The van der Waals surface area contributed by atoms with Gasteiger partial charge in [0.2, 0.25) is 0 Å². The molecule has 1 N–H and O–H groups in total. The van der Waals surface area contributed by atoms with Crippen molar-refractivity contribution in [1.29, 1.82) is 0 Å². The van der Waals surface area contributed by atoms with Crippen molar-refractivity contribution in [3.05, 3.63) is 72.2 Å². The third-order valence-corrected chi connectivity index (χ3v) is 4.72. The number of pyridine rings is 1. The highest BCUT2D eigenvalue weighted by Crippen LogP contribution is 2.32. The van der Waals surface area contributed by atoms with Gasteiger partial charge in [0.05, 0.1) is 12.9 Å². The van der Waals surface area contributed by atoms with Gasteiger partial charge in [0.15, 0.2) is 9.84 Å². The zero-order chi connectivity index (χ0) is 19.4. The van der Waals surface area contributed by atoms with Crippen molar-refractivity contribution >= 4 is 21.3 Å². The van der Waals surface area contributed by atoms with Crippen LogP contribution in [0.2, 0.25) is 0 Å². The molecule has 1 heterocycles. The van der Waals surface area contributed by atoms with Crippen molar-refractivity contribution in [2.45, 2.75) is 5.75 Å². The van der Waals surface area contributed by atoms with Crippen LogP contribution in [-0.4, -0.2) is 26.8 Å². The molecule has 0 unspecified atom stereocenters. The molecule has 0 amide bonds. The summed E-state index contributed by atoms with van der Waals surface area (Å²) in [5.74, 6) is 0.617. The number of hydrogen-bond donors (Lipinski definition) is 1. The van der Waals surface area contributed by atoms with Gasteiger partial charge in [-0.2, -0.15) is 0 Å². The molecule has 140 valence electrons. The number of nitrogens with one attached hydrogen (secondary N) is 1. The van der Waals surface area contributed by atoms with Gasteiger partial charge < -0.3 is 10.1 Å². The Hall–Kier alpha value is -2.93. The Morgan fingerprint density at radius 3 is 2.67 bits per heavy atom. The summed E-state index contributed by atoms with van der Waals surface area (Å²) >= 11 is 0. The van der Waals surface area contributed by atoms with Gasteiger partial charge in [-0.05, 0) is 47.5 Å². The quantitative estimate of drug-likeness (QED) is 0.688. The SMILES string of the molecule is COc1cc(F)ccc1-c1ccnc(Nc2cccc(CS(C)(=O)=O)c2)c1. The number of rotatable bonds is 6. The van der Waals surface area contributed by atoms with E-state index in [1.165, 1.54) is 25.5 Å². The Bertz CT molecular complexity index is 1070. The summed E-state index contributed by atoms with van der Waals surface area (Å²) in [6, 6.07) is 15.1. The number of aromatic nitrogens is 1. The molecule has 3 aromatic rings. The molecule has 2 aromatic carbocycles. The van der Waals surface area contributed by atoms with Crippen LogP contribution in [-0.2, 0) is 15.6 Å². The molecule has 0 fully saturated rings. The van der Waals surface area contributed by atoms with Crippen molar-refractivity contribution in [3.8, 4) is 16.9 Å². The highest BCUT2D eigenvalue weighted by molar-refractivity contribution is 7.89. The highest BCUT2D eigenvalue weighted by atomic mass is 32.2. The first-order valence-corrected chi connectivity index (χ1v) is 10.2. The second-order valence-electron chi connectivity index (χ2n) is 6.17. The molecular weight excluding hydrogens is 367 g/mol. The lowest BCUT2D eigenvalue weighted by Crippen LogP contribution is -2.01. The summed E-state index contributed by atoms with van der Waals surface area (Å²) in [5, 5.41) is 3.17. The summed E-state index contributed by atoms with van der Waals surface area (Å²) in [5.41, 5.74) is 2.98. The van der Waals surface area contributed by atoms with Crippen LogP contribution in [0.3, 0.4) is 0 Å². The van der Waals surface area contributed by atoms with E-state index < -0.39 is 9.84 Å². The van der Waals surface area contributed by atoms with Gasteiger partial charge >= 0.3 is 0 Å². The predicted molar refractivity (Wildman–Crippen MR) is 104 cm³/mol. The number of ether oxygens (including phenoxy) is 1. The number of halogens is 1. The Morgan fingerprint density at radius 2 is 1.93 bits per heavy atom. The highest BCUT2D eigenvalue weighted by Gasteiger charge is 2.09. The normalized spacial score (nSPS) is 11.2. The van der Waals surface area contributed by atoms with Crippen LogP contribution in [0.25, 0.3) is 11.1 Å².